The van der Waals surface area contributed by atoms with Gasteiger partial charge in [0.15, 0.2) is 0 Å². The van der Waals surface area contributed by atoms with E-state index in [0.717, 1.165) is 27.9 Å². The van der Waals surface area contributed by atoms with E-state index in [4.69, 9.17) is 4.98 Å². The summed E-state index contributed by atoms with van der Waals surface area (Å²) in [5.74, 6) is 0. The summed E-state index contributed by atoms with van der Waals surface area (Å²) in [5.41, 5.74) is 13.2. The molecule has 0 fully saturated rings. The van der Waals surface area contributed by atoms with Gasteiger partial charge in [0.2, 0.25) is 0 Å². The second-order valence-corrected chi connectivity index (χ2v) is 14.7. The zero-order valence-electron chi connectivity index (χ0n) is 28.3. The first-order valence-electron chi connectivity index (χ1n) is 17.8. The first kappa shape index (κ1) is 27.4. The Morgan fingerprint density at radius 1 is 0.490 bits per heavy atom. The molecule has 0 saturated heterocycles. The van der Waals surface area contributed by atoms with Crippen LogP contribution in [-0.4, -0.2) is 14.0 Å². The molecule has 0 bridgehead atoms. The number of aromatic nitrogens is 3. The SMILES string of the molecule is CC1(C)c2ccccc2-c2c3c1cccc3cc1c3ccccc3n(-c3ccc4c5c6ccccc6ccc5c5nc6ccccc6n5c4c3)c21. The summed E-state index contributed by atoms with van der Waals surface area (Å²) in [6.45, 7) is 4.75. The van der Waals surface area contributed by atoms with Crippen LogP contribution >= 0.6 is 0 Å². The topological polar surface area (TPSA) is 22.2 Å². The predicted molar refractivity (Wildman–Crippen MR) is 215 cm³/mol. The fourth-order valence-corrected chi connectivity index (χ4v) is 9.60. The van der Waals surface area contributed by atoms with Gasteiger partial charge in [-0.2, -0.15) is 0 Å². The molecule has 0 N–H and O–H groups in total. The smallest absolute Gasteiger partial charge is 0.146 e. The van der Waals surface area contributed by atoms with Crippen molar-refractivity contribution in [2.24, 2.45) is 0 Å². The number of hydrogen-bond acceptors (Lipinski definition) is 1. The lowest BCUT2D eigenvalue weighted by atomic mass is 9.68. The van der Waals surface area contributed by atoms with Gasteiger partial charge in [-0.3, -0.25) is 4.40 Å². The lowest BCUT2D eigenvalue weighted by Gasteiger charge is -2.35. The minimum absolute atomic E-state index is 0.117. The number of rotatable bonds is 1. The van der Waals surface area contributed by atoms with Crippen molar-refractivity contribution in [1.82, 2.24) is 14.0 Å². The monoisotopic (exact) mass is 649 g/mol. The normalized spacial score (nSPS) is 13.8. The number of pyridine rings is 1. The molecular weight excluding hydrogens is 619 g/mol. The van der Waals surface area contributed by atoms with Crippen molar-refractivity contribution in [2.75, 3.05) is 0 Å². The third kappa shape index (κ3) is 3.36. The van der Waals surface area contributed by atoms with E-state index in [1.165, 1.54) is 81.8 Å². The molecule has 3 aromatic heterocycles. The van der Waals surface area contributed by atoms with Crippen LogP contribution in [0.4, 0.5) is 0 Å². The summed E-state index contributed by atoms with van der Waals surface area (Å²) in [6, 6.07) is 56.1. The number of nitrogens with zero attached hydrogens (tertiary/aromatic N) is 3. The zero-order chi connectivity index (χ0) is 33.6. The van der Waals surface area contributed by atoms with Crippen molar-refractivity contribution in [3.05, 3.63) is 163 Å². The van der Waals surface area contributed by atoms with E-state index in [-0.39, 0.29) is 5.41 Å². The molecule has 3 heterocycles. The molecule has 0 radical (unpaired) electrons. The molecule has 0 amide bonds. The standard InChI is InChI=1S/C48H31N3/c1-48(2)37-17-7-5-16-33(37)45-43-29(13-11-18-38(43)48)26-36-32-15-6-9-20-40(32)50(46(36)45)30-23-25-34-42(27-30)51-41-21-10-8-19-39(41)49-47(51)35-24-22-28-12-3-4-14-31(28)44(34)35/h3-27H,1-2H3. The van der Waals surface area contributed by atoms with Gasteiger partial charge in [-0.15, -0.1) is 0 Å². The third-order valence-electron chi connectivity index (χ3n) is 11.8. The first-order valence-corrected chi connectivity index (χ1v) is 17.8. The Morgan fingerprint density at radius 2 is 1.22 bits per heavy atom. The molecule has 0 aliphatic heterocycles. The highest BCUT2D eigenvalue weighted by Gasteiger charge is 2.35. The zero-order valence-corrected chi connectivity index (χ0v) is 28.3. The number of fused-ring (bicyclic) bond motifs is 16. The van der Waals surface area contributed by atoms with Crippen molar-refractivity contribution >= 4 is 81.7 Å². The molecule has 0 unspecified atom stereocenters. The van der Waals surface area contributed by atoms with E-state index in [0.29, 0.717) is 0 Å². The molecule has 11 aromatic rings. The van der Waals surface area contributed by atoms with E-state index in [1.807, 2.05) is 0 Å². The highest BCUT2D eigenvalue weighted by molar-refractivity contribution is 6.25. The molecule has 3 nitrogen and oxygen atoms in total. The van der Waals surface area contributed by atoms with Gasteiger partial charge in [-0.05, 0) is 80.7 Å². The van der Waals surface area contributed by atoms with E-state index < -0.39 is 0 Å². The van der Waals surface area contributed by atoms with Gasteiger partial charge in [0.25, 0.3) is 0 Å². The van der Waals surface area contributed by atoms with Crippen LogP contribution in [0.3, 0.4) is 0 Å². The quantitative estimate of drug-likeness (QED) is 0.162. The van der Waals surface area contributed by atoms with Gasteiger partial charge in [-0.25, -0.2) is 4.98 Å². The van der Waals surface area contributed by atoms with E-state index in [2.05, 4.69) is 174 Å². The van der Waals surface area contributed by atoms with Crippen LogP contribution in [0.25, 0.3) is 98.5 Å². The van der Waals surface area contributed by atoms with Crippen LogP contribution in [0.2, 0.25) is 0 Å². The molecule has 3 heteroatoms. The van der Waals surface area contributed by atoms with Crippen molar-refractivity contribution in [3.8, 4) is 16.8 Å². The summed E-state index contributed by atoms with van der Waals surface area (Å²) >= 11 is 0. The van der Waals surface area contributed by atoms with Crippen molar-refractivity contribution in [3.63, 3.8) is 0 Å². The number of benzene rings is 8. The van der Waals surface area contributed by atoms with Gasteiger partial charge in [0.05, 0.1) is 27.6 Å². The predicted octanol–water partition coefficient (Wildman–Crippen LogP) is 12.5. The highest BCUT2D eigenvalue weighted by Crippen LogP contribution is 2.53. The molecule has 1 aliphatic rings. The van der Waals surface area contributed by atoms with Crippen LogP contribution in [0.1, 0.15) is 25.0 Å². The fourth-order valence-electron chi connectivity index (χ4n) is 9.60. The van der Waals surface area contributed by atoms with E-state index >= 15 is 0 Å². The average Bonchev–Trinajstić information content (AvgIpc) is 3.73. The molecular formula is C48H31N3. The van der Waals surface area contributed by atoms with Crippen molar-refractivity contribution in [1.29, 1.82) is 0 Å². The number of hydrogen-bond donors (Lipinski definition) is 0. The fraction of sp³-hybridized carbons (Fsp3) is 0.0625. The van der Waals surface area contributed by atoms with Gasteiger partial charge in [0.1, 0.15) is 5.65 Å². The Labute approximate surface area is 293 Å². The first-order chi connectivity index (χ1) is 25.1. The summed E-state index contributed by atoms with van der Waals surface area (Å²) < 4.78 is 4.91. The maximum Gasteiger partial charge on any atom is 0.146 e. The number of imidazole rings is 1. The second kappa shape index (κ2) is 9.41. The summed E-state index contributed by atoms with van der Waals surface area (Å²) in [5, 5.41) is 11.3. The Hall–Kier alpha value is -6.45. The van der Waals surface area contributed by atoms with Crippen LogP contribution in [0.15, 0.2) is 152 Å². The van der Waals surface area contributed by atoms with Gasteiger partial charge in [-0.1, -0.05) is 123 Å². The van der Waals surface area contributed by atoms with Gasteiger partial charge >= 0.3 is 0 Å². The molecule has 1 aliphatic carbocycles. The van der Waals surface area contributed by atoms with Crippen molar-refractivity contribution in [2.45, 2.75) is 19.3 Å². The Balaban J connectivity index is 1.30. The molecule has 8 aromatic carbocycles. The molecule has 0 saturated carbocycles. The van der Waals surface area contributed by atoms with Crippen LogP contribution < -0.4 is 0 Å². The van der Waals surface area contributed by atoms with Crippen LogP contribution in [0.5, 0.6) is 0 Å². The summed E-state index contributed by atoms with van der Waals surface area (Å²) in [7, 11) is 0. The minimum atomic E-state index is -0.117. The Bertz CT molecular complexity index is 3340. The molecule has 0 spiro atoms. The second-order valence-electron chi connectivity index (χ2n) is 14.7. The Kier molecular flexibility index (Phi) is 5.05. The lowest BCUT2D eigenvalue weighted by molar-refractivity contribution is 0.645. The molecule has 238 valence electrons. The Morgan fingerprint density at radius 3 is 2.14 bits per heavy atom. The highest BCUT2D eigenvalue weighted by atomic mass is 15.0. The van der Waals surface area contributed by atoms with E-state index in [1.54, 1.807) is 0 Å². The average molecular weight is 650 g/mol. The lowest BCUT2D eigenvalue weighted by Crippen LogP contribution is -2.23. The maximum absolute atomic E-state index is 5.27. The minimum Gasteiger partial charge on any atom is -0.309 e. The third-order valence-corrected chi connectivity index (χ3v) is 11.8. The van der Waals surface area contributed by atoms with Crippen LogP contribution in [0, 0.1) is 0 Å². The molecule has 51 heavy (non-hydrogen) atoms. The van der Waals surface area contributed by atoms with E-state index in [9.17, 15) is 0 Å². The molecule has 0 atom stereocenters. The summed E-state index contributed by atoms with van der Waals surface area (Å²) in [4.78, 5) is 5.27. The largest absolute Gasteiger partial charge is 0.309 e. The summed E-state index contributed by atoms with van der Waals surface area (Å²) in [6.07, 6.45) is 0. The van der Waals surface area contributed by atoms with Crippen LogP contribution in [-0.2, 0) is 5.41 Å². The molecule has 12 rings (SSSR count). The van der Waals surface area contributed by atoms with Gasteiger partial charge < -0.3 is 4.57 Å². The number of para-hydroxylation sites is 3. The van der Waals surface area contributed by atoms with Gasteiger partial charge in [0, 0.05) is 43.6 Å². The van der Waals surface area contributed by atoms with Crippen molar-refractivity contribution < 1.29 is 0 Å². The maximum atomic E-state index is 5.27.